The fourth-order valence-corrected chi connectivity index (χ4v) is 2.11. The number of carbonyl (C=O) groups is 1. The average molecular weight is 269 g/mol. The van der Waals surface area contributed by atoms with Crippen LogP contribution in [0.15, 0.2) is 43.0 Å². The molecule has 2 aromatic heterocycles. The molecule has 20 heavy (non-hydrogen) atoms. The lowest BCUT2D eigenvalue weighted by molar-refractivity contribution is 0.0948. The van der Waals surface area contributed by atoms with E-state index in [0.29, 0.717) is 12.2 Å². The van der Waals surface area contributed by atoms with E-state index in [-0.39, 0.29) is 5.91 Å². The Morgan fingerprint density at radius 3 is 3.05 bits per heavy atom. The molecule has 6 heteroatoms. The third-order valence-electron chi connectivity index (χ3n) is 3.13. The van der Waals surface area contributed by atoms with Crippen LogP contribution in [-0.2, 0) is 6.54 Å². The van der Waals surface area contributed by atoms with Crippen LogP contribution in [-0.4, -0.2) is 32.2 Å². The van der Waals surface area contributed by atoms with Crippen molar-refractivity contribution in [3.63, 3.8) is 0 Å². The van der Waals surface area contributed by atoms with Gasteiger partial charge in [0.1, 0.15) is 5.69 Å². The van der Waals surface area contributed by atoms with Gasteiger partial charge in [-0.3, -0.25) is 9.48 Å². The number of nitrogens with zero attached hydrogens (tertiary/aromatic N) is 3. The maximum absolute atomic E-state index is 11.7. The number of hydrogen-bond acceptors (Lipinski definition) is 3. The molecule has 102 valence electrons. The van der Waals surface area contributed by atoms with E-state index in [9.17, 15) is 4.79 Å². The number of aryl methyl sites for hydroxylation is 1. The highest BCUT2D eigenvalue weighted by Gasteiger charge is 2.05. The molecule has 1 amide bonds. The number of hydrogen-bond donors (Lipinski definition) is 2. The SMILES string of the molecule is O=C(NCCCn1ncc2ccccc21)c1cnc[nH]1. The van der Waals surface area contributed by atoms with Gasteiger partial charge in [0.25, 0.3) is 5.91 Å². The highest BCUT2D eigenvalue weighted by molar-refractivity contribution is 5.91. The zero-order valence-corrected chi connectivity index (χ0v) is 10.9. The van der Waals surface area contributed by atoms with Crippen molar-refractivity contribution in [2.24, 2.45) is 0 Å². The standard InChI is InChI=1S/C14H15N5O/c20-14(12-9-15-10-17-12)16-6-3-7-19-13-5-2-1-4-11(13)8-18-19/h1-2,4-5,8-10H,3,6-7H2,(H,15,17)(H,16,20). The fourth-order valence-electron chi connectivity index (χ4n) is 2.11. The number of para-hydroxylation sites is 1. The van der Waals surface area contributed by atoms with Crippen molar-refractivity contribution in [3.8, 4) is 0 Å². The molecule has 0 aliphatic heterocycles. The van der Waals surface area contributed by atoms with Gasteiger partial charge in [-0.05, 0) is 12.5 Å². The van der Waals surface area contributed by atoms with Crippen LogP contribution in [0.1, 0.15) is 16.9 Å². The van der Waals surface area contributed by atoms with E-state index < -0.39 is 0 Å². The summed E-state index contributed by atoms with van der Waals surface area (Å²) in [6.45, 7) is 1.38. The molecule has 0 aliphatic rings. The number of nitrogens with one attached hydrogen (secondary N) is 2. The van der Waals surface area contributed by atoms with Gasteiger partial charge in [0, 0.05) is 18.5 Å². The fraction of sp³-hybridized carbons (Fsp3) is 0.214. The summed E-state index contributed by atoms with van der Waals surface area (Å²) in [7, 11) is 0. The first-order valence-corrected chi connectivity index (χ1v) is 6.52. The van der Waals surface area contributed by atoms with E-state index in [0.717, 1.165) is 23.9 Å². The lowest BCUT2D eigenvalue weighted by Gasteiger charge is -2.05. The van der Waals surface area contributed by atoms with Gasteiger partial charge in [0.2, 0.25) is 0 Å². The smallest absolute Gasteiger partial charge is 0.269 e. The van der Waals surface area contributed by atoms with Crippen LogP contribution in [0, 0.1) is 0 Å². The Kier molecular flexibility index (Phi) is 3.45. The number of carbonyl (C=O) groups excluding carboxylic acids is 1. The van der Waals surface area contributed by atoms with Crippen molar-refractivity contribution in [2.45, 2.75) is 13.0 Å². The van der Waals surface area contributed by atoms with Crippen molar-refractivity contribution in [1.82, 2.24) is 25.1 Å². The molecule has 0 radical (unpaired) electrons. The molecule has 0 spiro atoms. The van der Waals surface area contributed by atoms with Crippen LogP contribution in [0.3, 0.4) is 0 Å². The van der Waals surface area contributed by atoms with Crippen molar-refractivity contribution in [3.05, 3.63) is 48.7 Å². The van der Waals surface area contributed by atoms with E-state index in [2.05, 4.69) is 20.4 Å². The van der Waals surface area contributed by atoms with Gasteiger partial charge >= 0.3 is 0 Å². The first-order chi connectivity index (χ1) is 9.84. The minimum atomic E-state index is -0.132. The largest absolute Gasteiger partial charge is 0.351 e. The average Bonchev–Trinajstić information content (AvgIpc) is 3.13. The van der Waals surface area contributed by atoms with Gasteiger partial charge in [-0.1, -0.05) is 18.2 Å². The van der Waals surface area contributed by atoms with Crippen LogP contribution < -0.4 is 5.32 Å². The molecule has 0 saturated carbocycles. The molecule has 3 aromatic rings. The lowest BCUT2D eigenvalue weighted by Crippen LogP contribution is -2.25. The molecule has 0 aliphatic carbocycles. The topological polar surface area (TPSA) is 75.6 Å². The van der Waals surface area contributed by atoms with E-state index in [1.54, 1.807) is 0 Å². The molecular formula is C14H15N5O. The van der Waals surface area contributed by atoms with Gasteiger partial charge in [-0.2, -0.15) is 5.10 Å². The van der Waals surface area contributed by atoms with E-state index in [1.807, 2.05) is 35.1 Å². The van der Waals surface area contributed by atoms with E-state index in [1.165, 1.54) is 12.5 Å². The molecule has 2 N–H and O–H groups in total. The van der Waals surface area contributed by atoms with Gasteiger partial charge < -0.3 is 10.3 Å². The molecule has 2 heterocycles. The Morgan fingerprint density at radius 2 is 2.20 bits per heavy atom. The molecule has 3 rings (SSSR count). The molecule has 0 unspecified atom stereocenters. The summed E-state index contributed by atoms with van der Waals surface area (Å²) >= 11 is 0. The minimum Gasteiger partial charge on any atom is -0.351 e. The Labute approximate surface area is 115 Å². The first kappa shape index (κ1) is 12.4. The normalized spacial score (nSPS) is 10.8. The van der Waals surface area contributed by atoms with Crippen LogP contribution in [0.5, 0.6) is 0 Å². The zero-order chi connectivity index (χ0) is 13.8. The summed E-state index contributed by atoms with van der Waals surface area (Å²) < 4.78 is 1.96. The summed E-state index contributed by atoms with van der Waals surface area (Å²) in [5, 5.41) is 8.33. The number of imidazole rings is 1. The van der Waals surface area contributed by atoms with E-state index in [4.69, 9.17) is 0 Å². The van der Waals surface area contributed by atoms with Crippen LogP contribution >= 0.6 is 0 Å². The molecule has 0 saturated heterocycles. The highest BCUT2D eigenvalue weighted by Crippen LogP contribution is 2.12. The minimum absolute atomic E-state index is 0.132. The van der Waals surface area contributed by atoms with Crippen molar-refractivity contribution < 1.29 is 4.79 Å². The monoisotopic (exact) mass is 269 g/mol. The van der Waals surface area contributed by atoms with Crippen LogP contribution in [0.25, 0.3) is 10.9 Å². The van der Waals surface area contributed by atoms with Crippen molar-refractivity contribution in [2.75, 3.05) is 6.54 Å². The number of rotatable bonds is 5. The first-order valence-electron chi connectivity index (χ1n) is 6.52. The number of benzene rings is 1. The number of amides is 1. The Morgan fingerprint density at radius 1 is 1.30 bits per heavy atom. The molecule has 6 nitrogen and oxygen atoms in total. The number of H-pyrrole nitrogens is 1. The van der Waals surface area contributed by atoms with Crippen LogP contribution in [0.4, 0.5) is 0 Å². The van der Waals surface area contributed by atoms with Gasteiger partial charge in [0.05, 0.1) is 24.2 Å². The maximum Gasteiger partial charge on any atom is 0.269 e. The third-order valence-corrected chi connectivity index (χ3v) is 3.13. The van der Waals surface area contributed by atoms with Gasteiger partial charge in [0.15, 0.2) is 0 Å². The third kappa shape index (κ3) is 2.54. The quantitative estimate of drug-likeness (QED) is 0.690. The molecule has 0 bridgehead atoms. The van der Waals surface area contributed by atoms with Crippen molar-refractivity contribution >= 4 is 16.8 Å². The Balaban J connectivity index is 1.52. The number of aromatic nitrogens is 4. The van der Waals surface area contributed by atoms with Crippen molar-refractivity contribution in [1.29, 1.82) is 0 Å². The predicted molar refractivity (Wildman–Crippen MR) is 75.3 cm³/mol. The van der Waals surface area contributed by atoms with E-state index >= 15 is 0 Å². The zero-order valence-electron chi connectivity index (χ0n) is 10.9. The Bertz CT molecular complexity index is 701. The second-order valence-electron chi connectivity index (χ2n) is 4.50. The summed E-state index contributed by atoms with van der Waals surface area (Å²) in [6, 6.07) is 8.09. The lowest BCUT2D eigenvalue weighted by atomic mass is 10.2. The maximum atomic E-state index is 11.7. The second kappa shape index (κ2) is 5.56. The molecular weight excluding hydrogens is 254 g/mol. The number of fused-ring (bicyclic) bond motifs is 1. The summed E-state index contributed by atoms with van der Waals surface area (Å²) in [5.41, 5.74) is 1.60. The summed E-state index contributed by atoms with van der Waals surface area (Å²) in [6.07, 6.45) is 5.69. The number of aromatic amines is 1. The Hall–Kier alpha value is -2.63. The molecule has 0 fully saturated rings. The summed E-state index contributed by atoms with van der Waals surface area (Å²) in [4.78, 5) is 18.3. The van der Waals surface area contributed by atoms with Gasteiger partial charge in [-0.25, -0.2) is 4.98 Å². The van der Waals surface area contributed by atoms with Crippen LogP contribution in [0.2, 0.25) is 0 Å². The highest BCUT2D eigenvalue weighted by atomic mass is 16.1. The van der Waals surface area contributed by atoms with Gasteiger partial charge in [-0.15, -0.1) is 0 Å². The summed E-state index contributed by atoms with van der Waals surface area (Å²) in [5.74, 6) is -0.132. The molecule has 1 aromatic carbocycles. The molecule has 0 atom stereocenters. The second-order valence-corrected chi connectivity index (χ2v) is 4.50. The predicted octanol–water partition coefficient (Wildman–Crippen LogP) is 1.58.